The Hall–Kier alpha value is -0.490. The van der Waals surface area contributed by atoms with Crippen LogP contribution in [0.25, 0.3) is 0 Å². The van der Waals surface area contributed by atoms with E-state index in [1.165, 1.54) is 0 Å². The van der Waals surface area contributed by atoms with Crippen LogP contribution in [0.15, 0.2) is 0 Å². The number of rotatable bonds is 7. The number of methoxy groups -OCH3 is 1. The second-order valence-corrected chi connectivity index (χ2v) is 4.56. The van der Waals surface area contributed by atoms with Crippen molar-refractivity contribution >= 4 is 5.78 Å². The van der Waals surface area contributed by atoms with Crippen LogP contribution < -0.4 is 0 Å². The molecule has 0 aromatic rings. The van der Waals surface area contributed by atoms with Crippen LogP contribution >= 0.6 is 0 Å². The monoisotopic (exact) mass is 244 g/mol. The van der Waals surface area contributed by atoms with Gasteiger partial charge in [0.2, 0.25) is 0 Å². The molecular formula is C12H20O5. The Labute approximate surface area is 101 Å². The first-order valence-corrected chi connectivity index (χ1v) is 6.14. The molecule has 1 aliphatic heterocycles. The predicted octanol–water partition coefficient (Wildman–Crippen LogP) is 0.413. The highest BCUT2D eigenvalue weighted by atomic mass is 16.6. The van der Waals surface area contributed by atoms with Crippen molar-refractivity contribution in [3.05, 3.63) is 0 Å². The molecule has 98 valence electrons. The number of ketones is 1. The quantitative estimate of drug-likeness (QED) is 0.607. The van der Waals surface area contributed by atoms with Crippen molar-refractivity contribution in [2.45, 2.75) is 25.0 Å². The van der Waals surface area contributed by atoms with Crippen LogP contribution in [0.4, 0.5) is 0 Å². The third-order valence-electron chi connectivity index (χ3n) is 3.21. The van der Waals surface area contributed by atoms with Gasteiger partial charge in [-0.3, -0.25) is 4.79 Å². The van der Waals surface area contributed by atoms with E-state index in [1.54, 1.807) is 7.11 Å². The van der Waals surface area contributed by atoms with Crippen LogP contribution in [0.2, 0.25) is 0 Å². The van der Waals surface area contributed by atoms with Gasteiger partial charge in [0.1, 0.15) is 6.10 Å². The van der Waals surface area contributed by atoms with E-state index in [1.807, 2.05) is 0 Å². The van der Waals surface area contributed by atoms with E-state index in [9.17, 15) is 4.79 Å². The smallest absolute Gasteiger partial charge is 0.166 e. The summed E-state index contributed by atoms with van der Waals surface area (Å²) in [6, 6.07) is 0. The number of carbonyl (C=O) groups excluding carboxylic acids is 1. The Kier molecular flexibility index (Phi) is 4.91. The van der Waals surface area contributed by atoms with Gasteiger partial charge in [0, 0.05) is 26.1 Å². The van der Waals surface area contributed by atoms with Crippen molar-refractivity contribution in [2.24, 2.45) is 5.92 Å². The van der Waals surface area contributed by atoms with Gasteiger partial charge in [-0.05, 0) is 6.42 Å². The molecule has 0 aromatic heterocycles. The highest BCUT2D eigenvalue weighted by Gasteiger charge is 2.41. The minimum atomic E-state index is -0.382. The average Bonchev–Trinajstić information content (AvgIpc) is 2.83. The molecule has 17 heavy (non-hydrogen) atoms. The van der Waals surface area contributed by atoms with Crippen molar-refractivity contribution in [2.75, 3.05) is 40.1 Å². The van der Waals surface area contributed by atoms with Gasteiger partial charge in [-0.2, -0.15) is 0 Å². The molecule has 2 fully saturated rings. The third kappa shape index (κ3) is 3.48. The molecule has 5 heteroatoms. The Morgan fingerprint density at radius 2 is 2.24 bits per heavy atom. The van der Waals surface area contributed by atoms with Crippen molar-refractivity contribution in [3.63, 3.8) is 0 Å². The fraction of sp³-hybridized carbons (Fsp3) is 0.917. The fourth-order valence-electron chi connectivity index (χ4n) is 2.05. The van der Waals surface area contributed by atoms with Crippen LogP contribution in [-0.4, -0.2) is 58.1 Å². The number of hydrogen-bond donors (Lipinski definition) is 0. The maximum Gasteiger partial charge on any atom is 0.166 e. The molecule has 0 aromatic carbocycles. The van der Waals surface area contributed by atoms with E-state index < -0.39 is 0 Å². The lowest BCUT2D eigenvalue weighted by Crippen LogP contribution is -2.51. The van der Waals surface area contributed by atoms with Gasteiger partial charge in [-0.1, -0.05) is 0 Å². The van der Waals surface area contributed by atoms with Gasteiger partial charge < -0.3 is 18.9 Å². The average molecular weight is 244 g/mol. The van der Waals surface area contributed by atoms with Gasteiger partial charge in [-0.15, -0.1) is 0 Å². The Bertz CT molecular complexity index is 249. The highest BCUT2D eigenvalue weighted by molar-refractivity contribution is 5.90. The molecule has 0 bridgehead atoms. The second kappa shape index (κ2) is 6.44. The zero-order chi connectivity index (χ0) is 12.1. The van der Waals surface area contributed by atoms with E-state index in [4.69, 9.17) is 18.9 Å². The van der Waals surface area contributed by atoms with E-state index in [0.717, 1.165) is 19.6 Å². The summed E-state index contributed by atoms with van der Waals surface area (Å²) in [6.07, 6.45) is 1.08. The predicted molar refractivity (Wildman–Crippen MR) is 59.9 cm³/mol. The first kappa shape index (κ1) is 13.0. The van der Waals surface area contributed by atoms with Crippen LogP contribution in [0.1, 0.15) is 12.8 Å². The number of hydrogen-bond acceptors (Lipinski definition) is 5. The third-order valence-corrected chi connectivity index (χ3v) is 3.21. The number of Topliss-reactive ketones (excluding diaryl/α,β-unsaturated/α-hetero) is 1. The van der Waals surface area contributed by atoms with Gasteiger partial charge in [0.15, 0.2) is 5.78 Å². The Morgan fingerprint density at radius 1 is 1.35 bits per heavy atom. The summed E-state index contributed by atoms with van der Waals surface area (Å²) in [5.74, 6) is 0.610. The highest BCUT2D eigenvalue weighted by Crippen LogP contribution is 2.24. The molecule has 1 aliphatic carbocycles. The molecule has 5 nitrogen and oxygen atoms in total. The summed E-state index contributed by atoms with van der Waals surface area (Å²) >= 11 is 0. The molecule has 0 N–H and O–H groups in total. The fourth-order valence-corrected chi connectivity index (χ4v) is 2.05. The summed E-state index contributed by atoms with van der Waals surface area (Å²) in [6.45, 7) is 3.22. The van der Waals surface area contributed by atoms with Crippen molar-refractivity contribution in [1.29, 1.82) is 0 Å². The molecular weight excluding hydrogens is 224 g/mol. The normalized spacial score (nSPS) is 32.8. The minimum Gasteiger partial charge on any atom is -0.382 e. The number of carbonyl (C=O) groups is 1. The maximum atomic E-state index is 11.4. The largest absolute Gasteiger partial charge is 0.382 e. The SMILES string of the molecule is COCCOC1C(=O)CC1OCC1CCOC1. The zero-order valence-electron chi connectivity index (χ0n) is 10.2. The van der Waals surface area contributed by atoms with Gasteiger partial charge in [0.05, 0.1) is 32.5 Å². The van der Waals surface area contributed by atoms with Crippen molar-refractivity contribution in [1.82, 2.24) is 0 Å². The van der Waals surface area contributed by atoms with E-state index in [2.05, 4.69) is 0 Å². The van der Waals surface area contributed by atoms with Gasteiger partial charge in [0.25, 0.3) is 0 Å². The van der Waals surface area contributed by atoms with E-state index in [0.29, 0.717) is 32.2 Å². The molecule has 1 heterocycles. The second-order valence-electron chi connectivity index (χ2n) is 4.56. The zero-order valence-corrected chi connectivity index (χ0v) is 10.2. The van der Waals surface area contributed by atoms with Crippen molar-refractivity contribution < 1.29 is 23.7 Å². The summed E-state index contributed by atoms with van der Waals surface area (Å²) in [7, 11) is 1.61. The summed E-state index contributed by atoms with van der Waals surface area (Å²) in [5.41, 5.74) is 0. The molecule has 2 rings (SSSR count). The standard InChI is InChI=1S/C12H20O5/c1-14-4-5-16-12-10(13)6-11(12)17-8-9-2-3-15-7-9/h9,11-12H,2-8H2,1H3. The topological polar surface area (TPSA) is 54.0 Å². The molecule has 1 saturated heterocycles. The maximum absolute atomic E-state index is 11.4. The van der Waals surface area contributed by atoms with Crippen LogP contribution in [0, 0.1) is 5.92 Å². The molecule has 2 aliphatic rings. The first-order chi connectivity index (χ1) is 8.31. The molecule has 0 spiro atoms. The first-order valence-electron chi connectivity index (χ1n) is 6.14. The van der Waals surface area contributed by atoms with E-state index >= 15 is 0 Å². The Morgan fingerprint density at radius 3 is 2.88 bits per heavy atom. The Balaban J connectivity index is 1.64. The molecule has 3 unspecified atom stereocenters. The molecule has 3 atom stereocenters. The van der Waals surface area contributed by atoms with Gasteiger partial charge >= 0.3 is 0 Å². The molecule has 1 saturated carbocycles. The minimum absolute atomic E-state index is 0.0695. The molecule has 0 amide bonds. The van der Waals surface area contributed by atoms with Crippen LogP contribution in [-0.2, 0) is 23.7 Å². The summed E-state index contributed by atoms with van der Waals surface area (Å²) in [5, 5.41) is 0. The lowest BCUT2D eigenvalue weighted by Gasteiger charge is -2.34. The van der Waals surface area contributed by atoms with Gasteiger partial charge in [-0.25, -0.2) is 0 Å². The lowest BCUT2D eigenvalue weighted by molar-refractivity contribution is -0.169. The van der Waals surface area contributed by atoms with E-state index in [-0.39, 0.29) is 18.0 Å². The van der Waals surface area contributed by atoms with Crippen molar-refractivity contribution in [3.8, 4) is 0 Å². The van der Waals surface area contributed by atoms with Crippen LogP contribution in [0.3, 0.4) is 0 Å². The lowest BCUT2D eigenvalue weighted by atomic mass is 9.90. The number of ether oxygens (including phenoxy) is 4. The summed E-state index contributed by atoms with van der Waals surface area (Å²) in [4.78, 5) is 11.4. The summed E-state index contributed by atoms with van der Waals surface area (Å²) < 4.78 is 21.3. The van der Waals surface area contributed by atoms with Crippen LogP contribution in [0.5, 0.6) is 0 Å². The molecule has 0 radical (unpaired) electrons.